The number of rotatable bonds is 6. The number of ether oxygens (including phenoxy) is 2. The Morgan fingerprint density at radius 3 is 2.34 bits per heavy atom. The number of aromatic nitrogens is 1. The molecule has 0 amide bonds. The van der Waals surface area contributed by atoms with Gasteiger partial charge in [-0.3, -0.25) is 4.79 Å². The number of fused-ring (bicyclic) bond motifs is 1. The van der Waals surface area contributed by atoms with Crippen LogP contribution in [0.3, 0.4) is 0 Å². The van der Waals surface area contributed by atoms with Crippen LogP contribution in [0, 0.1) is 0 Å². The first-order chi connectivity index (χ1) is 14.2. The number of allylic oxidation sites excluding steroid dienone is 1. The van der Waals surface area contributed by atoms with Crippen molar-refractivity contribution in [1.29, 1.82) is 0 Å². The molecule has 4 nitrogen and oxygen atoms in total. The minimum Gasteiger partial charge on any atom is -0.493 e. The van der Waals surface area contributed by atoms with E-state index < -0.39 is 0 Å². The van der Waals surface area contributed by atoms with Crippen LogP contribution >= 0.6 is 11.3 Å². The number of carbonyl (C=O) groups excluding carboxylic acids is 1. The molecule has 0 fully saturated rings. The van der Waals surface area contributed by atoms with E-state index in [1.165, 1.54) is 11.3 Å². The molecule has 29 heavy (non-hydrogen) atoms. The average molecular weight is 401 g/mol. The zero-order chi connectivity index (χ0) is 20.2. The highest BCUT2D eigenvalue weighted by Crippen LogP contribution is 2.33. The van der Waals surface area contributed by atoms with E-state index in [0.717, 1.165) is 15.8 Å². The zero-order valence-electron chi connectivity index (χ0n) is 16.1. The van der Waals surface area contributed by atoms with Gasteiger partial charge < -0.3 is 9.47 Å². The van der Waals surface area contributed by atoms with Gasteiger partial charge in [-0.15, -0.1) is 11.3 Å². The smallest absolute Gasteiger partial charge is 0.196 e. The first-order valence-corrected chi connectivity index (χ1v) is 9.90. The van der Waals surface area contributed by atoms with Gasteiger partial charge in [0.15, 0.2) is 17.3 Å². The maximum absolute atomic E-state index is 13.3. The maximum Gasteiger partial charge on any atom is 0.196 e. The summed E-state index contributed by atoms with van der Waals surface area (Å²) in [6.07, 6.45) is 1.86. The van der Waals surface area contributed by atoms with E-state index in [2.05, 4.69) is 0 Å². The number of carbonyl (C=O) groups is 1. The summed E-state index contributed by atoms with van der Waals surface area (Å²) >= 11 is 1.51. The van der Waals surface area contributed by atoms with Gasteiger partial charge in [-0.05, 0) is 35.9 Å². The summed E-state index contributed by atoms with van der Waals surface area (Å²) in [5.74, 6) is 1.18. The Labute approximate surface area is 173 Å². The van der Waals surface area contributed by atoms with Crippen molar-refractivity contribution in [2.75, 3.05) is 14.2 Å². The van der Waals surface area contributed by atoms with Crippen molar-refractivity contribution in [3.05, 3.63) is 88.9 Å². The number of thiazole rings is 1. The molecule has 144 valence electrons. The molecule has 0 unspecified atom stereocenters. The highest BCUT2D eigenvalue weighted by molar-refractivity contribution is 7.20. The fourth-order valence-electron chi connectivity index (χ4n) is 3.07. The summed E-state index contributed by atoms with van der Waals surface area (Å²) in [5.41, 5.74) is 2.89. The fraction of sp³-hybridized carbons (Fsp3) is 0.0833. The lowest BCUT2D eigenvalue weighted by Gasteiger charge is -2.09. The van der Waals surface area contributed by atoms with Gasteiger partial charge in [-0.2, -0.15) is 0 Å². The normalized spacial score (nSPS) is 11.4. The predicted molar refractivity (Wildman–Crippen MR) is 118 cm³/mol. The number of ketones is 1. The Kier molecular flexibility index (Phi) is 5.40. The molecule has 0 atom stereocenters. The number of Topliss-reactive ketones (excluding diaryl/α,β-unsaturated/α-hetero) is 1. The van der Waals surface area contributed by atoms with E-state index in [1.807, 2.05) is 78.9 Å². The van der Waals surface area contributed by atoms with Crippen LogP contribution in [0.1, 0.15) is 20.9 Å². The molecule has 4 rings (SSSR count). The molecule has 0 aliphatic heterocycles. The number of hydrogen-bond acceptors (Lipinski definition) is 5. The van der Waals surface area contributed by atoms with Gasteiger partial charge in [0.1, 0.15) is 5.01 Å². The van der Waals surface area contributed by atoms with E-state index in [9.17, 15) is 4.79 Å². The van der Waals surface area contributed by atoms with Crippen molar-refractivity contribution in [3.63, 3.8) is 0 Å². The van der Waals surface area contributed by atoms with Crippen LogP contribution in [0.2, 0.25) is 0 Å². The van der Waals surface area contributed by atoms with Gasteiger partial charge in [0, 0.05) is 5.56 Å². The predicted octanol–water partition coefficient (Wildman–Crippen LogP) is 5.74. The molecule has 3 aromatic carbocycles. The molecule has 5 heteroatoms. The van der Waals surface area contributed by atoms with Crippen molar-refractivity contribution >= 4 is 39.0 Å². The molecule has 0 aliphatic carbocycles. The second kappa shape index (κ2) is 8.29. The highest BCUT2D eigenvalue weighted by Gasteiger charge is 2.19. The molecule has 0 radical (unpaired) electrons. The topological polar surface area (TPSA) is 48.4 Å². The first-order valence-electron chi connectivity index (χ1n) is 9.09. The molecule has 0 N–H and O–H groups in total. The summed E-state index contributed by atoms with van der Waals surface area (Å²) in [7, 11) is 3.19. The summed E-state index contributed by atoms with van der Waals surface area (Å²) in [6.45, 7) is 0. The van der Waals surface area contributed by atoms with E-state index >= 15 is 0 Å². The molecular weight excluding hydrogens is 382 g/mol. The summed E-state index contributed by atoms with van der Waals surface area (Å²) in [5, 5.41) is 0.690. The third kappa shape index (κ3) is 3.91. The van der Waals surface area contributed by atoms with Gasteiger partial charge in [0.05, 0.1) is 30.0 Å². The van der Waals surface area contributed by atoms with Crippen molar-refractivity contribution < 1.29 is 14.3 Å². The molecule has 0 spiro atoms. The van der Waals surface area contributed by atoms with Crippen LogP contribution in [0.4, 0.5) is 0 Å². The van der Waals surface area contributed by atoms with Crippen molar-refractivity contribution in [1.82, 2.24) is 4.98 Å². The number of nitrogens with zero attached hydrogens (tertiary/aromatic N) is 1. The molecular formula is C24H19NO3S. The molecule has 4 aromatic rings. The lowest BCUT2D eigenvalue weighted by Crippen LogP contribution is -2.02. The van der Waals surface area contributed by atoms with Crippen molar-refractivity contribution in [2.45, 2.75) is 0 Å². The van der Waals surface area contributed by atoms with Crippen LogP contribution in [0.15, 0.2) is 72.8 Å². The van der Waals surface area contributed by atoms with Gasteiger partial charge in [0.25, 0.3) is 0 Å². The van der Waals surface area contributed by atoms with Gasteiger partial charge in [-0.1, -0.05) is 48.5 Å². The minimum atomic E-state index is -0.0700. The fourth-order valence-corrected chi connectivity index (χ4v) is 4.04. The molecule has 0 saturated heterocycles. The van der Waals surface area contributed by atoms with E-state index in [1.54, 1.807) is 14.2 Å². The van der Waals surface area contributed by atoms with Crippen LogP contribution in [-0.2, 0) is 0 Å². The number of methoxy groups -OCH3 is 2. The van der Waals surface area contributed by atoms with Crippen LogP contribution in [0.25, 0.3) is 21.9 Å². The van der Waals surface area contributed by atoms with E-state index in [0.29, 0.717) is 27.6 Å². The largest absolute Gasteiger partial charge is 0.493 e. The average Bonchev–Trinajstić information content (AvgIpc) is 3.21. The third-order valence-electron chi connectivity index (χ3n) is 4.52. The molecule has 0 saturated carbocycles. The standard InChI is InChI=1S/C24H19NO3S/c1-27-20-13-12-16(15-21(20)28-2)14-18(23(26)17-8-4-3-5-9-17)24-25-19-10-6-7-11-22(19)29-24/h3-15H,1-2H3/b18-14-. The van der Waals surface area contributed by atoms with E-state index in [-0.39, 0.29) is 5.78 Å². The lowest BCUT2D eigenvalue weighted by molar-refractivity contribution is 0.105. The first kappa shape index (κ1) is 18.9. The molecule has 1 heterocycles. The second-order valence-corrected chi connectivity index (χ2v) is 7.38. The lowest BCUT2D eigenvalue weighted by atomic mass is 10.0. The Morgan fingerprint density at radius 2 is 1.62 bits per heavy atom. The van der Waals surface area contributed by atoms with E-state index in [4.69, 9.17) is 14.5 Å². The SMILES string of the molecule is COc1ccc(/C=C(/C(=O)c2ccccc2)c2nc3ccccc3s2)cc1OC. The summed E-state index contributed by atoms with van der Waals surface area (Å²) in [6, 6.07) is 22.7. The molecule has 1 aromatic heterocycles. The number of hydrogen-bond donors (Lipinski definition) is 0. The summed E-state index contributed by atoms with van der Waals surface area (Å²) < 4.78 is 11.8. The van der Waals surface area contributed by atoms with Gasteiger partial charge in [0.2, 0.25) is 0 Å². The Bertz CT molecular complexity index is 1160. The zero-order valence-corrected chi connectivity index (χ0v) is 16.9. The minimum absolute atomic E-state index is 0.0700. The quantitative estimate of drug-likeness (QED) is 0.305. The van der Waals surface area contributed by atoms with Crippen molar-refractivity contribution in [3.8, 4) is 11.5 Å². The molecule has 0 aliphatic rings. The monoisotopic (exact) mass is 401 g/mol. The van der Waals surface area contributed by atoms with Crippen LogP contribution in [0.5, 0.6) is 11.5 Å². The highest BCUT2D eigenvalue weighted by atomic mass is 32.1. The summed E-state index contributed by atoms with van der Waals surface area (Å²) in [4.78, 5) is 18.1. The molecule has 0 bridgehead atoms. The van der Waals surface area contributed by atoms with Crippen LogP contribution in [-0.4, -0.2) is 25.0 Å². The number of para-hydroxylation sites is 1. The second-order valence-electron chi connectivity index (χ2n) is 6.35. The third-order valence-corrected chi connectivity index (χ3v) is 5.59. The number of benzene rings is 3. The maximum atomic E-state index is 13.3. The van der Waals surface area contributed by atoms with Gasteiger partial charge >= 0.3 is 0 Å². The Hall–Kier alpha value is -3.44. The Balaban J connectivity index is 1.86. The van der Waals surface area contributed by atoms with Crippen molar-refractivity contribution in [2.24, 2.45) is 0 Å². The van der Waals surface area contributed by atoms with Crippen LogP contribution < -0.4 is 9.47 Å². The Morgan fingerprint density at radius 1 is 0.897 bits per heavy atom. The van der Waals surface area contributed by atoms with Gasteiger partial charge in [-0.25, -0.2) is 4.98 Å².